The summed E-state index contributed by atoms with van der Waals surface area (Å²) in [6, 6.07) is 17.2. The standard InChI is InChI=1S/C22H26O6/c1-21(27,19(25)17(23)13-15-9-5-3-6-10-15)22(2,28)20(26)18(24)14-16-11-7-4-8-12-16/h3-14,19-20,23-28H,1-2H3. The summed E-state index contributed by atoms with van der Waals surface area (Å²) in [6.07, 6.45) is -1.38. The molecule has 2 aromatic carbocycles. The minimum atomic E-state index is -2.40. The lowest BCUT2D eigenvalue weighted by Gasteiger charge is -2.43. The van der Waals surface area contributed by atoms with Gasteiger partial charge in [0.1, 0.15) is 34.9 Å². The van der Waals surface area contributed by atoms with Gasteiger partial charge in [-0.05, 0) is 37.1 Å². The number of hydrogen-bond acceptors (Lipinski definition) is 6. The van der Waals surface area contributed by atoms with E-state index >= 15 is 0 Å². The van der Waals surface area contributed by atoms with Gasteiger partial charge in [-0.1, -0.05) is 60.7 Å². The molecule has 150 valence electrons. The van der Waals surface area contributed by atoms with E-state index in [0.717, 1.165) is 13.8 Å². The van der Waals surface area contributed by atoms with Crippen LogP contribution in [-0.4, -0.2) is 54.0 Å². The monoisotopic (exact) mass is 386 g/mol. The highest BCUT2D eigenvalue weighted by molar-refractivity contribution is 5.53. The normalized spacial score (nSPS) is 19.4. The van der Waals surface area contributed by atoms with Gasteiger partial charge < -0.3 is 30.6 Å². The van der Waals surface area contributed by atoms with Crippen molar-refractivity contribution in [1.82, 2.24) is 0 Å². The molecular formula is C22H26O6. The highest BCUT2D eigenvalue weighted by Crippen LogP contribution is 2.34. The molecule has 0 aliphatic rings. The molecule has 0 amide bonds. The van der Waals surface area contributed by atoms with E-state index in [0.29, 0.717) is 11.1 Å². The number of aliphatic hydroxyl groups is 6. The topological polar surface area (TPSA) is 121 Å². The zero-order valence-corrected chi connectivity index (χ0v) is 15.8. The predicted octanol–water partition coefficient (Wildman–Crippen LogP) is 2.41. The van der Waals surface area contributed by atoms with Crippen molar-refractivity contribution in [1.29, 1.82) is 0 Å². The van der Waals surface area contributed by atoms with Crippen molar-refractivity contribution < 1.29 is 30.6 Å². The van der Waals surface area contributed by atoms with Crippen LogP contribution in [0.25, 0.3) is 12.2 Å². The van der Waals surface area contributed by atoms with Gasteiger partial charge >= 0.3 is 0 Å². The minimum absolute atomic E-state index is 0.571. The Morgan fingerprint density at radius 1 is 0.679 bits per heavy atom. The molecule has 4 unspecified atom stereocenters. The summed E-state index contributed by atoms with van der Waals surface area (Å²) in [6.45, 7) is 2.12. The minimum Gasteiger partial charge on any atom is -0.509 e. The molecule has 6 nitrogen and oxygen atoms in total. The van der Waals surface area contributed by atoms with E-state index in [2.05, 4.69) is 0 Å². The first-order valence-electron chi connectivity index (χ1n) is 8.79. The maximum Gasteiger partial charge on any atom is 0.142 e. The van der Waals surface area contributed by atoms with Gasteiger partial charge in [-0.15, -0.1) is 0 Å². The molecule has 0 aliphatic carbocycles. The van der Waals surface area contributed by atoms with Crippen LogP contribution in [0.3, 0.4) is 0 Å². The van der Waals surface area contributed by atoms with Gasteiger partial charge in [-0.2, -0.15) is 0 Å². The molecule has 4 atom stereocenters. The Morgan fingerprint density at radius 2 is 0.964 bits per heavy atom. The number of hydrogen-bond donors (Lipinski definition) is 6. The Kier molecular flexibility index (Phi) is 6.64. The summed E-state index contributed by atoms with van der Waals surface area (Å²) < 4.78 is 0. The molecule has 0 aliphatic heterocycles. The van der Waals surface area contributed by atoms with Gasteiger partial charge in [0.2, 0.25) is 0 Å². The second-order valence-electron chi connectivity index (χ2n) is 7.06. The van der Waals surface area contributed by atoms with Crippen LogP contribution in [0.1, 0.15) is 25.0 Å². The Bertz CT molecular complexity index is 753. The molecule has 2 rings (SSSR count). The van der Waals surface area contributed by atoms with E-state index < -0.39 is 34.9 Å². The predicted molar refractivity (Wildman–Crippen MR) is 107 cm³/mol. The lowest BCUT2D eigenvalue weighted by Crippen LogP contribution is -2.64. The number of benzene rings is 2. The van der Waals surface area contributed by atoms with Gasteiger partial charge in [-0.25, -0.2) is 0 Å². The first kappa shape index (κ1) is 21.7. The first-order chi connectivity index (χ1) is 13.1. The molecule has 0 heterocycles. The third-order valence-electron chi connectivity index (χ3n) is 4.88. The van der Waals surface area contributed by atoms with E-state index in [9.17, 15) is 30.6 Å². The third kappa shape index (κ3) is 4.61. The SMILES string of the molecule is CC(O)(C(O)C(O)=Cc1ccccc1)C(C)(O)C(O)C(O)=Cc1ccccc1. The van der Waals surface area contributed by atoms with Crippen LogP contribution in [0.5, 0.6) is 0 Å². The summed E-state index contributed by atoms with van der Waals surface area (Å²) in [4.78, 5) is 0. The van der Waals surface area contributed by atoms with Gasteiger partial charge in [0.25, 0.3) is 0 Å². The van der Waals surface area contributed by atoms with E-state index in [1.54, 1.807) is 60.7 Å². The first-order valence-corrected chi connectivity index (χ1v) is 8.79. The van der Waals surface area contributed by atoms with Gasteiger partial charge in [-0.3, -0.25) is 0 Å². The molecule has 2 aromatic rings. The molecule has 0 fully saturated rings. The van der Waals surface area contributed by atoms with Crippen LogP contribution in [-0.2, 0) is 0 Å². The van der Waals surface area contributed by atoms with Crippen molar-refractivity contribution >= 4 is 12.2 Å². The Balaban J connectivity index is 2.28. The van der Waals surface area contributed by atoms with E-state index in [1.807, 2.05) is 0 Å². The molecule has 0 radical (unpaired) electrons. The van der Waals surface area contributed by atoms with Crippen LogP contribution in [0.2, 0.25) is 0 Å². The highest BCUT2D eigenvalue weighted by Gasteiger charge is 2.54. The van der Waals surface area contributed by atoms with Gasteiger partial charge in [0.05, 0.1) is 0 Å². The molecule has 0 spiro atoms. The zero-order valence-electron chi connectivity index (χ0n) is 15.8. The fourth-order valence-corrected chi connectivity index (χ4v) is 2.73. The van der Waals surface area contributed by atoms with Crippen molar-refractivity contribution in [2.75, 3.05) is 0 Å². The summed E-state index contributed by atoms with van der Waals surface area (Å²) in [7, 11) is 0. The molecule has 0 aromatic heterocycles. The highest BCUT2D eigenvalue weighted by atomic mass is 16.4. The zero-order chi connectivity index (χ0) is 20.9. The second kappa shape index (κ2) is 8.58. The summed E-state index contributed by atoms with van der Waals surface area (Å²) in [5, 5.41) is 62.7. The molecule has 0 saturated carbocycles. The second-order valence-corrected chi connectivity index (χ2v) is 7.06. The van der Waals surface area contributed by atoms with Crippen molar-refractivity contribution in [3.8, 4) is 0 Å². The van der Waals surface area contributed by atoms with Crippen molar-refractivity contribution in [3.63, 3.8) is 0 Å². The number of rotatable bonds is 7. The van der Waals surface area contributed by atoms with Crippen LogP contribution in [0, 0.1) is 0 Å². The van der Waals surface area contributed by atoms with Crippen molar-refractivity contribution in [2.24, 2.45) is 0 Å². The molecule has 6 N–H and O–H groups in total. The summed E-state index contributed by atoms with van der Waals surface area (Å²) in [5.74, 6) is -1.20. The van der Waals surface area contributed by atoms with Crippen LogP contribution < -0.4 is 0 Å². The van der Waals surface area contributed by atoms with Crippen LogP contribution in [0.15, 0.2) is 72.2 Å². The molecule has 0 bridgehead atoms. The van der Waals surface area contributed by atoms with Crippen molar-refractivity contribution in [2.45, 2.75) is 37.3 Å². The quantitative estimate of drug-likeness (QED) is 0.407. The van der Waals surface area contributed by atoms with E-state index in [4.69, 9.17) is 0 Å². The summed E-state index contributed by atoms with van der Waals surface area (Å²) >= 11 is 0. The van der Waals surface area contributed by atoms with Crippen molar-refractivity contribution in [3.05, 3.63) is 83.3 Å². The maximum absolute atomic E-state index is 10.7. The Labute approximate surface area is 164 Å². The fraction of sp³-hybridized carbons (Fsp3) is 0.273. The average Bonchev–Trinajstić information content (AvgIpc) is 2.68. The lowest BCUT2D eigenvalue weighted by molar-refractivity contribution is -0.216. The molecule has 0 saturated heterocycles. The molecule has 28 heavy (non-hydrogen) atoms. The van der Waals surface area contributed by atoms with Gasteiger partial charge in [0, 0.05) is 0 Å². The largest absolute Gasteiger partial charge is 0.509 e. The third-order valence-corrected chi connectivity index (χ3v) is 4.88. The van der Waals surface area contributed by atoms with Crippen LogP contribution >= 0.6 is 0 Å². The maximum atomic E-state index is 10.7. The smallest absolute Gasteiger partial charge is 0.142 e. The average molecular weight is 386 g/mol. The summed E-state index contributed by atoms with van der Waals surface area (Å²) in [5.41, 5.74) is -3.66. The lowest BCUT2D eigenvalue weighted by atomic mass is 9.76. The Morgan fingerprint density at radius 3 is 1.25 bits per heavy atom. The molecule has 6 heteroatoms. The van der Waals surface area contributed by atoms with Gasteiger partial charge in [0.15, 0.2) is 0 Å². The Hall–Kier alpha value is -2.64. The van der Waals surface area contributed by atoms with E-state index in [-0.39, 0.29) is 0 Å². The molecular weight excluding hydrogens is 360 g/mol. The van der Waals surface area contributed by atoms with E-state index in [1.165, 1.54) is 12.2 Å². The number of aliphatic hydroxyl groups excluding tert-OH is 4. The van der Waals surface area contributed by atoms with Crippen LogP contribution in [0.4, 0.5) is 0 Å². The fourth-order valence-electron chi connectivity index (χ4n) is 2.73.